The maximum Gasteiger partial charge on any atom is 0.305 e. The summed E-state index contributed by atoms with van der Waals surface area (Å²) in [6, 6.07) is 36.6. The van der Waals surface area contributed by atoms with Gasteiger partial charge in [0.2, 0.25) is 0 Å². The number of carbonyl (C=O) groups excluding carboxylic acids is 1. The van der Waals surface area contributed by atoms with Crippen LogP contribution in [0.1, 0.15) is 124 Å². The topological polar surface area (TPSA) is 120 Å². The van der Waals surface area contributed by atoms with Crippen LogP contribution in [0.4, 0.5) is 11.4 Å². The first-order chi connectivity index (χ1) is 31.7. The van der Waals surface area contributed by atoms with Gasteiger partial charge in [0.05, 0.1) is 11.0 Å². The quantitative estimate of drug-likeness (QED) is 0.0447. The number of thioether (sulfide) groups is 1. The lowest BCUT2D eigenvalue weighted by Crippen LogP contribution is -2.34. The normalized spacial score (nSPS) is 17.8. The molecule has 2 aliphatic heterocycles. The van der Waals surface area contributed by atoms with Gasteiger partial charge in [-0.25, -0.2) is 0 Å². The molecular weight excluding hydrogens is 871 g/mol. The van der Waals surface area contributed by atoms with Gasteiger partial charge >= 0.3 is 11.9 Å². The van der Waals surface area contributed by atoms with E-state index in [1.807, 2.05) is 18.2 Å². The molecule has 0 spiro atoms. The van der Waals surface area contributed by atoms with Crippen LogP contribution in [0.15, 0.2) is 108 Å². The number of anilines is 2. The summed E-state index contributed by atoms with van der Waals surface area (Å²) in [6.45, 7) is 0.445. The highest BCUT2D eigenvalue weighted by atomic mass is 32.2. The maximum atomic E-state index is 14.1. The van der Waals surface area contributed by atoms with Crippen molar-refractivity contribution in [1.82, 2.24) is 9.47 Å². The number of hydrogen-bond acceptors (Lipinski definition) is 8. The van der Waals surface area contributed by atoms with Crippen molar-refractivity contribution < 1.29 is 24.6 Å². The lowest BCUT2D eigenvalue weighted by molar-refractivity contribution is -0.138. The second-order valence-electron chi connectivity index (χ2n) is 17.2. The molecule has 3 aliphatic rings. The summed E-state index contributed by atoms with van der Waals surface area (Å²) in [7, 11) is 0. The van der Waals surface area contributed by atoms with Crippen molar-refractivity contribution in [2.75, 3.05) is 11.4 Å². The van der Waals surface area contributed by atoms with E-state index in [1.165, 1.54) is 55.6 Å². The SMILES string of the molecule is O=C(O)CCCCCCCCCCCN1C(=O)/C(=c2\s/c(=C\c3ccc4c(c3)C3CCCC3N4c3ccc(C=C(c4ccccc4)c4ccccc4)cc3)c(=O)n2CCC(=O)O)SC1=S. The number of hydrogen-bond donors (Lipinski definition) is 2. The minimum atomic E-state index is -1.02. The molecule has 336 valence electrons. The van der Waals surface area contributed by atoms with Crippen LogP contribution in [0.3, 0.4) is 0 Å². The standard InChI is InChI=1S/C53H55N3O6S3/c57-47(58)23-14-6-4-2-1-3-5-7-15-31-55-51(62)49(65-53(55)63)52-54(32-30-48(59)60)50(61)46(64-52)35-37-26-29-45-43(34-37)41-21-16-22-44(41)56(45)40-27-24-36(25-28-40)33-42(38-17-10-8-11-18-38)39-19-12-9-13-20-39/h8-13,17-20,24-29,33-35,41,44H,1-7,14-16,21-23,30-32H2,(H,57,58)(H,59,60)/b46-35-,52-49+. The fourth-order valence-corrected chi connectivity index (χ4v) is 12.1. The number of carboxylic acids is 2. The van der Waals surface area contributed by atoms with Crippen molar-refractivity contribution in [2.24, 2.45) is 0 Å². The van der Waals surface area contributed by atoms with Crippen molar-refractivity contribution in [3.63, 3.8) is 0 Å². The third-order valence-corrected chi connectivity index (χ3v) is 15.4. The van der Waals surface area contributed by atoms with Gasteiger partial charge in [-0.2, -0.15) is 0 Å². The first-order valence-corrected chi connectivity index (χ1v) is 25.0. The maximum absolute atomic E-state index is 14.1. The molecular formula is C53H55N3O6S3. The summed E-state index contributed by atoms with van der Waals surface area (Å²) >= 11 is 8.10. The number of benzene rings is 4. The van der Waals surface area contributed by atoms with Crippen LogP contribution in [0.5, 0.6) is 0 Å². The number of fused-ring (bicyclic) bond motifs is 3. The van der Waals surface area contributed by atoms with Crippen molar-refractivity contribution in [3.05, 3.63) is 150 Å². The van der Waals surface area contributed by atoms with Crippen molar-refractivity contribution in [3.8, 4) is 0 Å². The molecule has 0 radical (unpaired) electrons. The van der Waals surface area contributed by atoms with Gasteiger partial charge in [-0.05, 0) is 95.5 Å². The highest BCUT2D eigenvalue weighted by molar-refractivity contribution is 8.30. The Morgan fingerprint density at radius 3 is 1.97 bits per heavy atom. The molecule has 3 heterocycles. The first-order valence-electron chi connectivity index (χ1n) is 22.9. The zero-order valence-electron chi connectivity index (χ0n) is 36.5. The molecule has 8 rings (SSSR count). The summed E-state index contributed by atoms with van der Waals surface area (Å²) < 4.78 is 2.80. The number of thiocarbonyl (C=S) groups is 1. The second kappa shape index (κ2) is 21.6. The summed E-state index contributed by atoms with van der Waals surface area (Å²) in [6.07, 6.45) is 16.3. The van der Waals surface area contributed by atoms with Crippen LogP contribution >= 0.6 is 35.3 Å². The summed E-state index contributed by atoms with van der Waals surface area (Å²) in [5.41, 5.74) is 8.82. The van der Waals surface area contributed by atoms with Gasteiger partial charge in [0, 0.05) is 42.8 Å². The number of thiazole rings is 1. The first kappa shape index (κ1) is 46.0. The minimum absolute atomic E-state index is 0.0468. The summed E-state index contributed by atoms with van der Waals surface area (Å²) in [5, 5.41) is 18.4. The molecule has 2 N–H and O–H groups in total. The van der Waals surface area contributed by atoms with Crippen LogP contribution in [0.2, 0.25) is 0 Å². The van der Waals surface area contributed by atoms with Crippen molar-refractivity contribution in [2.45, 2.75) is 108 Å². The predicted octanol–water partition coefficient (Wildman–Crippen LogP) is 10.5. The largest absolute Gasteiger partial charge is 0.481 e. The highest BCUT2D eigenvalue weighted by Gasteiger charge is 2.42. The van der Waals surface area contributed by atoms with Crippen LogP contribution in [0, 0.1) is 0 Å². The average molecular weight is 926 g/mol. The van der Waals surface area contributed by atoms with E-state index in [4.69, 9.17) is 17.3 Å². The number of carbonyl (C=O) groups is 3. The minimum Gasteiger partial charge on any atom is -0.481 e. The average Bonchev–Trinajstić information content (AvgIpc) is 4.06. The molecule has 2 unspecified atom stereocenters. The fourth-order valence-electron chi connectivity index (χ4n) is 9.52. The Labute approximate surface area is 393 Å². The lowest BCUT2D eigenvalue weighted by atomic mass is 9.95. The monoisotopic (exact) mass is 925 g/mol. The van der Waals surface area contributed by atoms with Gasteiger partial charge in [0.15, 0.2) is 0 Å². The zero-order valence-corrected chi connectivity index (χ0v) is 39.0. The van der Waals surface area contributed by atoms with E-state index < -0.39 is 11.9 Å². The third kappa shape index (κ3) is 10.9. The number of nitrogens with zero attached hydrogens (tertiary/aromatic N) is 3. The van der Waals surface area contributed by atoms with E-state index in [2.05, 4.69) is 102 Å². The number of aliphatic carboxylic acids is 2. The lowest BCUT2D eigenvalue weighted by Gasteiger charge is -2.27. The molecule has 2 fully saturated rings. The predicted molar refractivity (Wildman–Crippen MR) is 268 cm³/mol. The smallest absolute Gasteiger partial charge is 0.305 e. The molecule has 65 heavy (non-hydrogen) atoms. The van der Waals surface area contributed by atoms with E-state index in [0.29, 0.717) is 36.9 Å². The summed E-state index contributed by atoms with van der Waals surface area (Å²) in [5.74, 6) is -1.63. The molecule has 1 saturated carbocycles. The molecule has 0 bridgehead atoms. The van der Waals surface area contributed by atoms with E-state index in [1.54, 1.807) is 4.90 Å². The Morgan fingerprint density at radius 2 is 1.32 bits per heavy atom. The Kier molecular flexibility index (Phi) is 15.3. The van der Waals surface area contributed by atoms with Gasteiger partial charge in [-0.15, -0.1) is 11.3 Å². The Bertz CT molecular complexity index is 2700. The number of unbranched alkanes of at least 4 members (excludes halogenated alkanes) is 8. The number of aromatic nitrogens is 1. The van der Waals surface area contributed by atoms with Gasteiger partial charge in [0.25, 0.3) is 11.5 Å². The highest BCUT2D eigenvalue weighted by Crippen LogP contribution is 2.52. The van der Waals surface area contributed by atoms with Gasteiger partial charge in [-0.3, -0.25) is 28.6 Å². The fraction of sp³-hybridized carbons (Fsp3) is 0.340. The van der Waals surface area contributed by atoms with Crippen LogP contribution in [-0.2, 0) is 20.9 Å². The molecule has 5 aromatic rings. The molecule has 9 nitrogen and oxygen atoms in total. The molecule has 2 atom stereocenters. The van der Waals surface area contributed by atoms with E-state index in [0.717, 1.165) is 93.9 Å². The number of carboxylic acid groups (broad SMARTS) is 2. The third-order valence-electron chi connectivity index (χ3n) is 12.7. The van der Waals surface area contributed by atoms with Crippen LogP contribution < -0.4 is 19.7 Å². The number of amides is 1. The zero-order chi connectivity index (χ0) is 45.3. The van der Waals surface area contributed by atoms with E-state index in [-0.39, 0.29) is 30.9 Å². The molecule has 12 heteroatoms. The molecule has 1 saturated heterocycles. The van der Waals surface area contributed by atoms with Crippen molar-refractivity contribution in [1.29, 1.82) is 0 Å². The molecule has 1 amide bonds. The van der Waals surface area contributed by atoms with Crippen molar-refractivity contribution >= 4 is 91.5 Å². The van der Waals surface area contributed by atoms with Gasteiger partial charge in [0.1, 0.15) is 13.9 Å². The van der Waals surface area contributed by atoms with Crippen LogP contribution in [0.25, 0.3) is 22.6 Å². The van der Waals surface area contributed by atoms with E-state index in [9.17, 15) is 24.3 Å². The Hall–Kier alpha value is -5.56. The molecule has 4 aromatic carbocycles. The van der Waals surface area contributed by atoms with Gasteiger partial charge < -0.3 is 15.1 Å². The Balaban J connectivity index is 1.00. The molecule has 1 aliphatic carbocycles. The number of rotatable bonds is 20. The second-order valence-corrected chi connectivity index (χ2v) is 19.8. The Morgan fingerprint density at radius 1 is 0.708 bits per heavy atom. The van der Waals surface area contributed by atoms with Crippen LogP contribution in [-0.4, -0.2) is 54.4 Å². The van der Waals surface area contributed by atoms with E-state index >= 15 is 0 Å². The summed E-state index contributed by atoms with van der Waals surface area (Å²) in [4.78, 5) is 54.9. The van der Waals surface area contributed by atoms with Gasteiger partial charge in [-0.1, -0.05) is 154 Å². The molecule has 1 aromatic heterocycles.